The van der Waals surface area contributed by atoms with Crippen LogP contribution in [0, 0.1) is 5.41 Å². The number of aliphatic carboxylic acids is 1. The molecule has 0 unspecified atom stereocenters. The van der Waals surface area contributed by atoms with E-state index in [0.717, 1.165) is 24.8 Å². The van der Waals surface area contributed by atoms with Crippen molar-refractivity contribution in [3.63, 3.8) is 0 Å². The third-order valence-corrected chi connectivity index (χ3v) is 6.25. The average Bonchev–Trinajstić information content (AvgIpc) is 3.35. The molecule has 1 saturated carbocycles. The van der Waals surface area contributed by atoms with Crippen LogP contribution in [0.4, 0.5) is 0 Å². The van der Waals surface area contributed by atoms with E-state index >= 15 is 0 Å². The Morgan fingerprint density at radius 3 is 2.74 bits per heavy atom. The summed E-state index contributed by atoms with van der Waals surface area (Å²) in [7, 11) is 0. The van der Waals surface area contributed by atoms with Crippen LogP contribution in [0.1, 0.15) is 41.8 Å². The number of nitrogens with one attached hydrogen (secondary N) is 1. The summed E-state index contributed by atoms with van der Waals surface area (Å²) in [5.74, 6) is 0.243. The molecule has 2 heterocycles. The Bertz CT molecular complexity index is 873. The molecule has 1 amide bonds. The Morgan fingerprint density at radius 2 is 1.96 bits per heavy atom. The Balaban J connectivity index is 1.45. The number of carbonyl (C=O) groups excluding carboxylic acids is 1. The molecule has 0 spiro atoms. The van der Waals surface area contributed by atoms with Crippen LogP contribution >= 0.6 is 11.3 Å². The molecule has 2 N–H and O–H groups in total. The number of carbonyl (C=O) groups is 2. The number of benzene rings is 1. The zero-order valence-corrected chi connectivity index (χ0v) is 15.5. The molecule has 2 aromatic rings. The zero-order valence-electron chi connectivity index (χ0n) is 14.7. The first kappa shape index (κ1) is 17.8. The lowest BCUT2D eigenvalue weighted by atomic mass is 9.74. The number of thiazole rings is 1. The van der Waals surface area contributed by atoms with Crippen molar-refractivity contribution in [3.8, 4) is 22.1 Å². The molecule has 0 atom stereocenters. The molecule has 0 saturated heterocycles. The summed E-state index contributed by atoms with van der Waals surface area (Å²) in [5.41, 5.74) is -0.00347. The van der Waals surface area contributed by atoms with Gasteiger partial charge >= 0.3 is 5.97 Å². The van der Waals surface area contributed by atoms with Crippen LogP contribution in [0.25, 0.3) is 10.6 Å². The molecule has 0 radical (unpaired) electrons. The molecule has 142 valence electrons. The second-order valence-electron chi connectivity index (χ2n) is 6.93. The van der Waals surface area contributed by atoms with Crippen LogP contribution in [-0.2, 0) is 4.79 Å². The molecule has 27 heavy (non-hydrogen) atoms. The number of hydrogen-bond donors (Lipinski definition) is 2. The lowest BCUT2D eigenvalue weighted by Crippen LogP contribution is -2.44. The summed E-state index contributed by atoms with van der Waals surface area (Å²) in [6.07, 6.45) is 5.56. The molecule has 8 heteroatoms. The fourth-order valence-electron chi connectivity index (χ4n) is 3.57. The summed E-state index contributed by atoms with van der Waals surface area (Å²) in [6, 6.07) is 5.53. The van der Waals surface area contributed by atoms with E-state index in [1.54, 1.807) is 0 Å². The highest BCUT2D eigenvalue weighted by Crippen LogP contribution is 2.38. The van der Waals surface area contributed by atoms with Gasteiger partial charge in [-0.1, -0.05) is 19.3 Å². The lowest BCUT2D eigenvalue weighted by molar-refractivity contribution is -0.150. The van der Waals surface area contributed by atoms with Gasteiger partial charge in [0.05, 0.1) is 11.6 Å². The van der Waals surface area contributed by atoms with Crippen LogP contribution in [0.2, 0.25) is 0 Å². The lowest BCUT2D eigenvalue weighted by Gasteiger charge is -2.33. The molecular weight excluding hydrogens is 368 g/mol. The van der Waals surface area contributed by atoms with Crippen LogP contribution in [-0.4, -0.2) is 35.3 Å². The van der Waals surface area contributed by atoms with Gasteiger partial charge in [-0.2, -0.15) is 0 Å². The molecule has 0 bridgehead atoms. The summed E-state index contributed by atoms with van der Waals surface area (Å²) in [6.45, 7) is 0.355. The Kier molecular flexibility index (Phi) is 4.73. The quantitative estimate of drug-likeness (QED) is 0.816. The van der Waals surface area contributed by atoms with Gasteiger partial charge in [0, 0.05) is 12.1 Å². The fraction of sp³-hybridized carbons (Fsp3) is 0.421. The monoisotopic (exact) mass is 388 g/mol. The first-order chi connectivity index (χ1) is 13.1. The number of carboxylic acid groups (broad SMARTS) is 1. The van der Waals surface area contributed by atoms with E-state index in [1.165, 1.54) is 17.5 Å². The highest BCUT2D eigenvalue weighted by atomic mass is 32.1. The molecule has 2 aliphatic rings. The molecular formula is C19H20N2O5S. The van der Waals surface area contributed by atoms with Gasteiger partial charge in [-0.3, -0.25) is 9.59 Å². The summed E-state index contributed by atoms with van der Waals surface area (Å²) < 4.78 is 10.7. The van der Waals surface area contributed by atoms with Gasteiger partial charge in [0.25, 0.3) is 5.91 Å². The molecule has 4 rings (SSSR count). The number of ether oxygens (including phenoxy) is 2. The van der Waals surface area contributed by atoms with E-state index in [4.69, 9.17) is 9.47 Å². The standard InChI is InChI=1S/C19H20N2O5S/c22-16(21-10-19(18(23)24)6-2-1-3-7-19)15-9-20-17(27-15)12-4-5-13-14(8-12)26-11-25-13/h4-5,8-9H,1-3,6-7,10-11H2,(H,21,22)(H,23,24). The van der Waals surface area contributed by atoms with Crippen molar-refractivity contribution >= 4 is 23.2 Å². The Morgan fingerprint density at radius 1 is 1.19 bits per heavy atom. The predicted octanol–water partition coefficient (Wildman–Crippen LogP) is 3.30. The van der Waals surface area contributed by atoms with Gasteiger partial charge in [0.15, 0.2) is 11.5 Å². The van der Waals surface area contributed by atoms with Gasteiger partial charge in [0.1, 0.15) is 9.88 Å². The topological polar surface area (TPSA) is 97.8 Å². The molecule has 1 aliphatic carbocycles. The summed E-state index contributed by atoms with van der Waals surface area (Å²) in [5, 5.41) is 13.1. The number of amides is 1. The number of nitrogens with zero attached hydrogens (tertiary/aromatic N) is 1. The van der Waals surface area contributed by atoms with Gasteiger partial charge < -0.3 is 19.9 Å². The minimum Gasteiger partial charge on any atom is -0.481 e. The summed E-state index contributed by atoms with van der Waals surface area (Å²) >= 11 is 1.27. The minimum atomic E-state index is -0.848. The molecule has 1 fully saturated rings. The van der Waals surface area contributed by atoms with E-state index in [0.29, 0.717) is 34.2 Å². The highest BCUT2D eigenvalue weighted by molar-refractivity contribution is 7.16. The maximum atomic E-state index is 12.5. The SMILES string of the molecule is O=C(NCC1(C(=O)O)CCCCC1)c1cnc(-c2ccc3c(c2)OCO3)s1. The van der Waals surface area contributed by atoms with E-state index in [2.05, 4.69) is 10.3 Å². The molecule has 7 nitrogen and oxygen atoms in total. The van der Waals surface area contributed by atoms with Crippen LogP contribution in [0.5, 0.6) is 11.5 Å². The predicted molar refractivity (Wildman–Crippen MR) is 99.2 cm³/mol. The maximum Gasteiger partial charge on any atom is 0.311 e. The molecule has 1 aliphatic heterocycles. The van der Waals surface area contributed by atoms with Gasteiger partial charge in [0.2, 0.25) is 6.79 Å². The van der Waals surface area contributed by atoms with Crippen molar-refractivity contribution in [3.05, 3.63) is 29.3 Å². The third kappa shape index (κ3) is 3.49. The van der Waals surface area contributed by atoms with Crippen LogP contribution in [0.3, 0.4) is 0 Å². The van der Waals surface area contributed by atoms with Crippen molar-refractivity contribution in [2.24, 2.45) is 5.41 Å². The smallest absolute Gasteiger partial charge is 0.311 e. The van der Waals surface area contributed by atoms with E-state index in [9.17, 15) is 14.7 Å². The molecule has 1 aromatic heterocycles. The number of carboxylic acids is 1. The van der Waals surface area contributed by atoms with Crippen molar-refractivity contribution in [2.45, 2.75) is 32.1 Å². The van der Waals surface area contributed by atoms with E-state index in [-0.39, 0.29) is 19.2 Å². The largest absolute Gasteiger partial charge is 0.481 e. The van der Waals surface area contributed by atoms with Crippen LogP contribution < -0.4 is 14.8 Å². The maximum absolute atomic E-state index is 12.5. The fourth-order valence-corrected chi connectivity index (χ4v) is 4.40. The Hall–Kier alpha value is -2.61. The highest BCUT2D eigenvalue weighted by Gasteiger charge is 2.39. The zero-order chi connectivity index (χ0) is 18.9. The van der Waals surface area contributed by atoms with Crippen molar-refractivity contribution < 1.29 is 24.2 Å². The number of fused-ring (bicyclic) bond motifs is 1. The van der Waals surface area contributed by atoms with Crippen molar-refractivity contribution in [2.75, 3.05) is 13.3 Å². The van der Waals surface area contributed by atoms with Crippen LogP contribution in [0.15, 0.2) is 24.4 Å². The second-order valence-corrected chi connectivity index (χ2v) is 7.96. The number of hydrogen-bond acceptors (Lipinski definition) is 6. The Labute approximate surface area is 160 Å². The normalized spacial score (nSPS) is 17.5. The molecule has 1 aromatic carbocycles. The van der Waals surface area contributed by atoms with Gasteiger partial charge in [-0.05, 0) is 31.0 Å². The number of aromatic nitrogens is 1. The first-order valence-electron chi connectivity index (χ1n) is 8.95. The second kappa shape index (κ2) is 7.19. The summed E-state index contributed by atoms with van der Waals surface area (Å²) in [4.78, 5) is 29.0. The third-order valence-electron chi connectivity index (χ3n) is 5.20. The van der Waals surface area contributed by atoms with E-state index < -0.39 is 11.4 Å². The van der Waals surface area contributed by atoms with Crippen molar-refractivity contribution in [1.29, 1.82) is 0 Å². The first-order valence-corrected chi connectivity index (χ1v) is 9.76. The average molecular weight is 388 g/mol. The van der Waals surface area contributed by atoms with Crippen molar-refractivity contribution in [1.82, 2.24) is 10.3 Å². The number of rotatable bonds is 5. The van der Waals surface area contributed by atoms with Gasteiger partial charge in [-0.25, -0.2) is 4.98 Å². The minimum absolute atomic E-state index is 0.151. The van der Waals surface area contributed by atoms with Gasteiger partial charge in [-0.15, -0.1) is 11.3 Å². The van der Waals surface area contributed by atoms with E-state index in [1.807, 2.05) is 18.2 Å².